The molecule has 2 aromatic heterocycles. The molecule has 0 saturated carbocycles. The molecule has 0 unspecified atom stereocenters. The van der Waals surface area contributed by atoms with Crippen LogP contribution in [0.3, 0.4) is 0 Å². The molecule has 9 nitrogen and oxygen atoms in total. The molecule has 1 aliphatic heterocycles. The molecule has 0 bridgehead atoms. The summed E-state index contributed by atoms with van der Waals surface area (Å²) in [6.07, 6.45) is 0.121. The van der Waals surface area contributed by atoms with Gasteiger partial charge in [-0.15, -0.1) is 0 Å². The average molecular weight is 361 g/mol. The lowest BCUT2D eigenvalue weighted by Crippen LogP contribution is -2.33. The van der Waals surface area contributed by atoms with Gasteiger partial charge >= 0.3 is 0 Å². The first-order valence-electron chi connectivity index (χ1n) is 8.64. The van der Waals surface area contributed by atoms with Crippen LogP contribution in [0.15, 0.2) is 6.33 Å². The average Bonchev–Trinajstić information content (AvgIpc) is 3.19. The number of aliphatic hydroxyl groups is 3. The number of hydrogen-bond donors (Lipinski definition) is 4. The second-order valence-corrected chi connectivity index (χ2v) is 6.10. The van der Waals surface area contributed by atoms with E-state index < -0.39 is 31.1 Å². The lowest BCUT2D eigenvalue weighted by atomic mass is 10.1. The highest BCUT2D eigenvalue weighted by Gasteiger charge is 2.44. The Morgan fingerprint density at radius 3 is 2.77 bits per heavy atom. The van der Waals surface area contributed by atoms with Crippen LogP contribution in [0.25, 0.3) is 11.2 Å². The molecule has 3 heterocycles. The van der Waals surface area contributed by atoms with Crippen molar-refractivity contribution in [1.82, 2.24) is 19.5 Å². The molecule has 1 aliphatic rings. The largest absolute Gasteiger partial charge is 0.394 e. The number of imidazole rings is 1. The van der Waals surface area contributed by atoms with E-state index >= 15 is 0 Å². The van der Waals surface area contributed by atoms with Crippen molar-refractivity contribution >= 4 is 17.0 Å². The number of nitrogens with zero attached hydrogens (tertiary/aromatic N) is 4. The highest BCUT2D eigenvalue weighted by Crippen LogP contribution is 2.32. The minimum absolute atomic E-state index is 0.339. The maximum absolute atomic E-state index is 10.3. The molecule has 1 saturated heterocycles. The van der Waals surface area contributed by atoms with Crippen LogP contribution in [0.1, 0.15) is 38.2 Å². The third-order valence-electron chi connectivity index (χ3n) is 4.31. The summed E-state index contributed by atoms with van der Waals surface area (Å²) in [5.41, 5.74) is 0.934. The fraction of sp³-hybridized carbons (Fsp3) is 0.588. The van der Waals surface area contributed by atoms with Crippen LogP contribution in [0.5, 0.6) is 0 Å². The van der Waals surface area contributed by atoms with Gasteiger partial charge < -0.3 is 25.4 Å². The molecule has 2 aromatic rings. The van der Waals surface area contributed by atoms with Crippen LogP contribution in [-0.2, 0) is 4.74 Å². The zero-order valence-electron chi connectivity index (χ0n) is 14.8. The highest BCUT2D eigenvalue weighted by atomic mass is 16.6. The van der Waals surface area contributed by atoms with Crippen molar-refractivity contribution in [3.05, 3.63) is 12.2 Å². The van der Waals surface area contributed by atoms with Crippen LogP contribution in [0, 0.1) is 11.8 Å². The van der Waals surface area contributed by atoms with Gasteiger partial charge in [-0.3, -0.25) is 4.57 Å². The molecular weight excluding hydrogens is 338 g/mol. The maximum Gasteiger partial charge on any atom is 0.208 e. The van der Waals surface area contributed by atoms with E-state index in [1.165, 1.54) is 10.9 Å². The first-order chi connectivity index (χ1) is 12.6. The summed E-state index contributed by atoms with van der Waals surface area (Å²) in [5, 5.41) is 32.5. The van der Waals surface area contributed by atoms with Gasteiger partial charge in [0.05, 0.1) is 12.9 Å². The number of aliphatic hydroxyl groups excluding tert-OH is 3. The lowest BCUT2D eigenvalue weighted by Gasteiger charge is -2.16. The molecule has 26 heavy (non-hydrogen) atoms. The zero-order valence-corrected chi connectivity index (χ0v) is 14.8. The SMILES string of the molecule is CCCCC#Cc1nc(NC)c2ncn([C@@H]3O[C@@H](CO)[C@H](O)[C@H]3O)c2n1. The topological polar surface area (TPSA) is 126 Å². The van der Waals surface area contributed by atoms with Gasteiger partial charge in [0, 0.05) is 13.5 Å². The molecule has 4 N–H and O–H groups in total. The summed E-state index contributed by atoms with van der Waals surface area (Å²) < 4.78 is 7.10. The Morgan fingerprint density at radius 2 is 2.12 bits per heavy atom. The van der Waals surface area contributed by atoms with Crippen molar-refractivity contribution in [1.29, 1.82) is 0 Å². The predicted molar refractivity (Wildman–Crippen MR) is 94.3 cm³/mol. The van der Waals surface area contributed by atoms with E-state index in [0.717, 1.165) is 19.3 Å². The monoisotopic (exact) mass is 361 g/mol. The van der Waals surface area contributed by atoms with Gasteiger partial charge in [0.15, 0.2) is 23.2 Å². The maximum atomic E-state index is 10.3. The van der Waals surface area contributed by atoms with Crippen LogP contribution in [0.4, 0.5) is 5.82 Å². The Balaban J connectivity index is 2.00. The summed E-state index contributed by atoms with van der Waals surface area (Å²) in [5.74, 6) is 6.85. The molecule has 9 heteroatoms. The second kappa shape index (κ2) is 7.97. The molecule has 1 fully saturated rings. The van der Waals surface area contributed by atoms with Crippen molar-refractivity contribution in [3.63, 3.8) is 0 Å². The Bertz CT molecular complexity index is 828. The smallest absolute Gasteiger partial charge is 0.208 e. The van der Waals surface area contributed by atoms with Crippen molar-refractivity contribution < 1.29 is 20.1 Å². The third-order valence-corrected chi connectivity index (χ3v) is 4.31. The van der Waals surface area contributed by atoms with Crippen LogP contribution in [0.2, 0.25) is 0 Å². The van der Waals surface area contributed by atoms with Crippen molar-refractivity contribution in [3.8, 4) is 11.8 Å². The van der Waals surface area contributed by atoms with E-state index in [0.29, 0.717) is 22.8 Å². The fourth-order valence-electron chi connectivity index (χ4n) is 2.85. The quantitative estimate of drug-likeness (QED) is 0.434. The summed E-state index contributed by atoms with van der Waals surface area (Å²) in [6, 6.07) is 0. The van der Waals surface area contributed by atoms with Gasteiger partial charge in [-0.2, -0.15) is 0 Å². The minimum Gasteiger partial charge on any atom is -0.394 e. The standard InChI is InChI=1S/C17H23N5O4/c1-3-4-5-6-7-11-20-15(18-2)12-16(21-11)22(9-19-12)17-14(25)13(24)10(8-23)26-17/h9-10,13-14,17,23-25H,3-5,8H2,1-2H3,(H,18,20,21)/t10-,13-,14+,17+/m0/s1. The molecule has 140 valence electrons. The van der Waals surface area contributed by atoms with Crippen LogP contribution >= 0.6 is 0 Å². The first kappa shape index (κ1) is 18.5. The normalized spacial score (nSPS) is 25.3. The molecule has 3 rings (SSSR count). The van der Waals surface area contributed by atoms with Gasteiger partial charge in [-0.1, -0.05) is 19.3 Å². The lowest BCUT2D eigenvalue weighted by molar-refractivity contribution is -0.0511. The summed E-state index contributed by atoms with van der Waals surface area (Å²) >= 11 is 0. The molecule has 0 radical (unpaired) electrons. The number of ether oxygens (including phenoxy) is 1. The fourth-order valence-corrected chi connectivity index (χ4v) is 2.85. The van der Waals surface area contributed by atoms with E-state index in [1.807, 2.05) is 0 Å². The third kappa shape index (κ3) is 3.37. The van der Waals surface area contributed by atoms with E-state index in [9.17, 15) is 15.3 Å². The minimum atomic E-state index is -1.21. The number of rotatable bonds is 5. The summed E-state index contributed by atoms with van der Waals surface area (Å²) in [4.78, 5) is 13.1. The summed E-state index contributed by atoms with van der Waals surface area (Å²) in [6.45, 7) is 1.70. The van der Waals surface area contributed by atoms with Crippen molar-refractivity contribution in [2.75, 3.05) is 19.0 Å². The van der Waals surface area contributed by atoms with Crippen molar-refractivity contribution in [2.24, 2.45) is 0 Å². The number of nitrogens with one attached hydrogen (secondary N) is 1. The Morgan fingerprint density at radius 1 is 1.31 bits per heavy atom. The number of unbranched alkanes of at least 4 members (excludes halogenated alkanes) is 2. The molecule has 0 aromatic carbocycles. The van der Waals surface area contributed by atoms with E-state index in [2.05, 4.69) is 39.0 Å². The van der Waals surface area contributed by atoms with E-state index in [1.54, 1.807) is 7.05 Å². The van der Waals surface area contributed by atoms with Gasteiger partial charge in [0.25, 0.3) is 0 Å². The number of hydrogen-bond acceptors (Lipinski definition) is 8. The zero-order chi connectivity index (χ0) is 18.7. The van der Waals surface area contributed by atoms with Gasteiger partial charge in [0.1, 0.15) is 18.3 Å². The van der Waals surface area contributed by atoms with Gasteiger partial charge in [-0.25, -0.2) is 15.0 Å². The molecule has 4 atom stereocenters. The van der Waals surface area contributed by atoms with Crippen LogP contribution < -0.4 is 5.32 Å². The number of aromatic nitrogens is 4. The Labute approximate surface area is 151 Å². The molecule has 0 spiro atoms. The Kier molecular flexibility index (Phi) is 5.68. The number of fused-ring (bicyclic) bond motifs is 1. The Hall–Kier alpha value is -2.25. The van der Waals surface area contributed by atoms with E-state index in [4.69, 9.17) is 4.74 Å². The molecule has 0 aliphatic carbocycles. The van der Waals surface area contributed by atoms with E-state index in [-0.39, 0.29) is 0 Å². The van der Waals surface area contributed by atoms with Gasteiger partial charge in [0.2, 0.25) is 5.82 Å². The first-order valence-corrected chi connectivity index (χ1v) is 8.64. The van der Waals surface area contributed by atoms with Gasteiger partial charge in [-0.05, 0) is 12.3 Å². The van der Waals surface area contributed by atoms with Crippen molar-refractivity contribution in [2.45, 2.75) is 50.7 Å². The van der Waals surface area contributed by atoms with Crippen LogP contribution in [-0.4, -0.2) is 66.8 Å². The predicted octanol–water partition coefficient (Wildman–Crippen LogP) is 0.0212. The highest BCUT2D eigenvalue weighted by molar-refractivity contribution is 5.83. The molecule has 0 amide bonds. The summed E-state index contributed by atoms with van der Waals surface area (Å²) in [7, 11) is 1.72. The number of anilines is 1. The second-order valence-electron chi connectivity index (χ2n) is 6.10. The molecular formula is C17H23N5O4.